The zero-order chi connectivity index (χ0) is 23.4. The van der Waals surface area contributed by atoms with E-state index in [1.54, 1.807) is 0 Å². The minimum atomic E-state index is -1.18. The smallest absolute Gasteiger partial charge is 0.305 e. The lowest BCUT2D eigenvalue weighted by molar-refractivity contribution is -0.180. The first-order valence-corrected chi connectivity index (χ1v) is 13.0. The number of aliphatic hydroxyl groups excluding tert-OH is 1. The molecule has 0 bridgehead atoms. The van der Waals surface area contributed by atoms with E-state index in [1.807, 2.05) is 0 Å². The minimum absolute atomic E-state index is 0.0280. The van der Waals surface area contributed by atoms with Crippen molar-refractivity contribution in [2.24, 2.45) is 52.3 Å². The van der Waals surface area contributed by atoms with Gasteiger partial charge in [0.1, 0.15) is 12.0 Å². The summed E-state index contributed by atoms with van der Waals surface area (Å²) in [6.07, 6.45) is 5.04. The Hall–Kier alpha value is -0.970. The number of fused-ring (bicyclic) bond motifs is 5. The van der Waals surface area contributed by atoms with E-state index >= 15 is 0 Å². The number of carbonyl (C=O) groups excluding carboxylic acids is 2. The highest BCUT2D eigenvalue weighted by atomic mass is 19.1. The van der Waals surface area contributed by atoms with Gasteiger partial charge in [-0.1, -0.05) is 27.7 Å². The maximum atomic E-state index is 14.8. The first-order valence-electron chi connectivity index (χ1n) is 13.0. The summed E-state index contributed by atoms with van der Waals surface area (Å²) in [5.41, 5.74) is -0.0923. The number of hydrogen-bond donors (Lipinski definition) is 1. The zero-order valence-electron chi connectivity index (χ0n) is 20.6. The number of alkyl halides is 1. The van der Waals surface area contributed by atoms with Crippen LogP contribution >= 0.6 is 0 Å². The number of aliphatic hydroxyl groups is 1. The molecule has 0 aromatic carbocycles. The van der Waals surface area contributed by atoms with E-state index in [2.05, 4.69) is 27.7 Å². The maximum absolute atomic E-state index is 14.8. The van der Waals surface area contributed by atoms with E-state index in [-0.39, 0.29) is 40.5 Å². The Balaban J connectivity index is 1.61. The summed E-state index contributed by atoms with van der Waals surface area (Å²) in [5.74, 6) is 1.86. The molecule has 4 aliphatic carbocycles. The van der Waals surface area contributed by atoms with Crippen molar-refractivity contribution in [3.05, 3.63) is 0 Å². The summed E-state index contributed by atoms with van der Waals surface area (Å²) >= 11 is 0. The minimum Gasteiger partial charge on any atom is -0.469 e. The van der Waals surface area contributed by atoms with Gasteiger partial charge in [-0.25, -0.2) is 4.39 Å². The average molecular weight is 451 g/mol. The van der Waals surface area contributed by atoms with Crippen molar-refractivity contribution in [2.45, 2.75) is 97.8 Å². The molecule has 0 unspecified atom stereocenters. The SMILES string of the molecule is CC[C@H]1C(=O)[C@@H]2[C@H](CC[C@]3(C)[C@@H]([C@H](C)CCC(=O)OC)CC[C@@H]23)[C@@]2(C)C[C@@H](F)[C@@H](O)C[C@@H]12. The maximum Gasteiger partial charge on any atom is 0.305 e. The van der Waals surface area contributed by atoms with E-state index in [4.69, 9.17) is 4.74 Å². The third kappa shape index (κ3) is 3.56. The molecule has 0 heterocycles. The van der Waals surface area contributed by atoms with Gasteiger partial charge >= 0.3 is 5.97 Å². The lowest BCUT2D eigenvalue weighted by atomic mass is 9.41. The predicted octanol–water partition coefficient (Wildman–Crippen LogP) is 5.36. The average Bonchev–Trinajstić information content (AvgIpc) is 3.11. The summed E-state index contributed by atoms with van der Waals surface area (Å²) in [5, 5.41) is 10.3. The summed E-state index contributed by atoms with van der Waals surface area (Å²) in [4.78, 5) is 25.7. The Morgan fingerprint density at radius 1 is 1.19 bits per heavy atom. The Bertz CT molecular complexity index is 739. The van der Waals surface area contributed by atoms with Gasteiger partial charge in [0.05, 0.1) is 13.2 Å². The molecule has 0 aromatic rings. The van der Waals surface area contributed by atoms with Gasteiger partial charge in [0.2, 0.25) is 0 Å². The molecule has 0 aliphatic heterocycles. The normalized spacial score (nSPS) is 49.0. The molecule has 182 valence electrons. The standard InChI is InChI=1S/C27H43FO4/c1-6-16-20-13-22(29)21(28)14-27(20,4)19-11-12-26(3)17(15(2)7-10-23(30)32-5)8-9-18(26)24(19)25(16)31/h15-22,24,29H,6-14H2,1-5H3/t15-,16-,17-,18+,19+,20+,21-,22+,24+,26-,27-/m1/s1. The molecule has 4 nitrogen and oxygen atoms in total. The third-order valence-corrected chi connectivity index (χ3v) is 10.9. The molecule has 4 saturated carbocycles. The second kappa shape index (κ2) is 8.67. The summed E-state index contributed by atoms with van der Waals surface area (Å²) in [6.45, 7) is 8.98. The van der Waals surface area contributed by atoms with Crippen molar-refractivity contribution < 1.29 is 23.8 Å². The zero-order valence-corrected chi connectivity index (χ0v) is 20.6. The number of carbonyl (C=O) groups is 2. The van der Waals surface area contributed by atoms with Gasteiger partial charge < -0.3 is 9.84 Å². The molecule has 1 N–H and O–H groups in total. The fraction of sp³-hybridized carbons (Fsp3) is 0.926. The van der Waals surface area contributed by atoms with Crippen molar-refractivity contribution in [3.8, 4) is 0 Å². The Morgan fingerprint density at radius 3 is 2.53 bits per heavy atom. The van der Waals surface area contributed by atoms with Crippen molar-refractivity contribution in [3.63, 3.8) is 0 Å². The van der Waals surface area contributed by atoms with Crippen LogP contribution in [0.15, 0.2) is 0 Å². The predicted molar refractivity (Wildman–Crippen MR) is 121 cm³/mol. The second-order valence-electron chi connectivity index (χ2n) is 12.1. The molecule has 0 amide bonds. The molecule has 4 aliphatic rings. The van der Waals surface area contributed by atoms with E-state index in [0.29, 0.717) is 42.8 Å². The Labute approximate surface area is 193 Å². The van der Waals surface area contributed by atoms with Crippen LogP contribution in [0.4, 0.5) is 4.39 Å². The molecule has 5 heteroatoms. The molecule has 0 radical (unpaired) electrons. The van der Waals surface area contributed by atoms with Crippen molar-refractivity contribution in [1.82, 2.24) is 0 Å². The number of esters is 1. The fourth-order valence-corrected chi connectivity index (χ4v) is 9.27. The number of methoxy groups -OCH3 is 1. The quantitative estimate of drug-likeness (QED) is 0.573. The highest BCUT2D eigenvalue weighted by Gasteiger charge is 2.66. The lowest BCUT2D eigenvalue weighted by Gasteiger charge is -2.62. The third-order valence-electron chi connectivity index (χ3n) is 10.9. The highest BCUT2D eigenvalue weighted by molar-refractivity contribution is 5.86. The molecular weight excluding hydrogens is 407 g/mol. The van der Waals surface area contributed by atoms with Gasteiger partial charge in [0.25, 0.3) is 0 Å². The number of halogens is 1. The number of hydrogen-bond acceptors (Lipinski definition) is 4. The van der Waals surface area contributed by atoms with E-state index in [9.17, 15) is 19.1 Å². The largest absolute Gasteiger partial charge is 0.469 e. The second-order valence-corrected chi connectivity index (χ2v) is 12.1. The Morgan fingerprint density at radius 2 is 1.88 bits per heavy atom. The molecular formula is C27H43FO4. The lowest BCUT2D eigenvalue weighted by Crippen LogP contribution is -2.62. The van der Waals surface area contributed by atoms with E-state index < -0.39 is 12.3 Å². The van der Waals surface area contributed by atoms with Crippen LogP contribution in [-0.2, 0) is 14.3 Å². The number of ketones is 1. The topological polar surface area (TPSA) is 63.6 Å². The van der Waals surface area contributed by atoms with Crippen molar-refractivity contribution in [1.29, 1.82) is 0 Å². The molecule has 0 spiro atoms. The number of rotatable bonds is 5. The molecule has 0 saturated heterocycles. The molecule has 4 fully saturated rings. The fourth-order valence-electron chi connectivity index (χ4n) is 9.27. The van der Waals surface area contributed by atoms with Gasteiger partial charge in [-0.05, 0) is 91.8 Å². The monoisotopic (exact) mass is 450 g/mol. The van der Waals surface area contributed by atoms with Gasteiger partial charge in [-0.2, -0.15) is 0 Å². The molecule has 4 rings (SSSR count). The van der Waals surface area contributed by atoms with Crippen LogP contribution < -0.4 is 0 Å². The van der Waals surface area contributed by atoms with Gasteiger partial charge in [-0.3, -0.25) is 9.59 Å². The van der Waals surface area contributed by atoms with Gasteiger partial charge in [-0.15, -0.1) is 0 Å². The van der Waals surface area contributed by atoms with Crippen molar-refractivity contribution >= 4 is 11.8 Å². The highest BCUT2D eigenvalue weighted by Crippen LogP contribution is 2.68. The van der Waals surface area contributed by atoms with E-state index in [1.165, 1.54) is 7.11 Å². The van der Waals surface area contributed by atoms with E-state index in [0.717, 1.165) is 38.5 Å². The summed E-state index contributed by atoms with van der Waals surface area (Å²) < 4.78 is 19.6. The number of Topliss-reactive ketones (excluding diaryl/α,β-unsaturated/α-hetero) is 1. The Kier molecular flexibility index (Phi) is 6.55. The molecule has 0 aromatic heterocycles. The summed E-state index contributed by atoms with van der Waals surface area (Å²) in [7, 11) is 1.44. The van der Waals surface area contributed by atoms with Crippen LogP contribution in [0, 0.1) is 52.3 Å². The van der Waals surface area contributed by atoms with Crippen LogP contribution in [0.3, 0.4) is 0 Å². The molecule has 32 heavy (non-hydrogen) atoms. The van der Waals surface area contributed by atoms with Crippen molar-refractivity contribution in [2.75, 3.05) is 7.11 Å². The summed E-state index contributed by atoms with van der Waals surface area (Å²) in [6, 6.07) is 0. The van der Waals surface area contributed by atoms with Crippen LogP contribution in [0.1, 0.15) is 85.5 Å². The first kappa shape index (κ1) is 24.2. The van der Waals surface area contributed by atoms with Gasteiger partial charge in [0.15, 0.2) is 0 Å². The molecule has 11 atom stereocenters. The van der Waals surface area contributed by atoms with Crippen LogP contribution in [0.5, 0.6) is 0 Å². The van der Waals surface area contributed by atoms with Gasteiger partial charge in [0, 0.05) is 18.3 Å². The van der Waals surface area contributed by atoms with Crippen LogP contribution in [0.2, 0.25) is 0 Å². The first-order chi connectivity index (χ1) is 15.1. The van der Waals surface area contributed by atoms with Crippen LogP contribution in [0.25, 0.3) is 0 Å². The van der Waals surface area contributed by atoms with Crippen LogP contribution in [-0.4, -0.2) is 36.2 Å². The number of ether oxygens (including phenoxy) is 1.